The number of hydrogen-bond donors (Lipinski definition) is 1. The van der Waals surface area contributed by atoms with Crippen molar-refractivity contribution in [3.8, 4) is 0 Å². The maximum absolute atomic E-state index is 13.3. The lowest BCUT2D eigenvalue weighted by Gasteiger charge is -2.31. The summed E-state index contributed by atoms with van der Waals surface area (Å²) in [5, 5.41) is 4.38. The number of halogens is 3. The lowest BCUT2D eigenvalue weighted by molar-refractivity contribution is -0.140. The minimum atomic E-state index is -0.581. The van der Waals surface area contributed by atoms with Gasteiger partial charge in [0.05, 0.1) is 16.5 Å². The molecule has 0 aliphatic rings. The van der Waals surface area contributed by atoms with Crippen molar-refractivity contribution in [3.63, 3.8) is 0 Å². The van der Waals surface area contributed by atoms with Gasteiger partial charge < -0.3 is 10.2 Å². The Hall–Kier alpha value is -1.75. The molecule has 0 bridgehead atoms. The summed E-state index contributed by atoms with van der Waals surface area (Å²) in [7, 11) is 0. The third kappa shape index (κ3) is 7.19. The number of hydrogen-bond acceptors (Lipinski definition) is 2. The standard InChI is InChI=1S/C23H27Cl3N2O2/c1-3-5-11-27-23(30)21(4-2)28(15-17-9-10-19(25)20(26)13-17)22(29)14-16-7-6-8-18(24)12-16/h6-10,12-13,21H,3-5,11,14-15H2,1-2H3,(H,27,30)/t21-/m0/s1. The fourth-order valence-electron chi connectivity index (χ4n) is 3.18. The van der Waals surface area contributed by atoms with Crippen LogP contribution in [-0.2, 0) is 22.6 Å². The summed E-state index contributed by atoms with van der Waals surface area (Å²) < 4.78 is 0. The van der Waals surface area contributed by atoms with E-state index < -0.39 is 6.04 Å². The molecule has 2 aromatic rings. The van der Waals surface area contributed by atoms with Gasteiger partial charge in [0.1, 0.15) is 6.04 Å². The average Bonchev–Trinajstić information content (AvgIpc) is 2.70. The molecule has 0 fully saturated rings. The Morgan fingerprint density at radius 3 is 2.40 bits per heavy atom. The molecule has 162 valence electrons. The minimum Gasteiger partial charge on any atom is -0.354 e. The van der Waals surface area contributed by atoms with Crippen LogP contribution >= 0.6 is 34.8 Å². The molecule has 0 saturated carbocycles. The molecule has 2 amide bonds. The molecule has 2 aromatic carbocycles. The van der Waals surface area contributed by atoms with Gasteiger partial charge in [0.2, 0.25) is 11.8 Å². The Balaban J connectivity index is 2.28. The summed E-state index contributed by atoms with van der Waals surface area (Å²) in [6.07, 6.45) is 2.53. The SMILES string of the molecule is CCCCNC(=O)[C@H](CC)N(Cc1ccc(Cl)c(Cl)c1)C(=O)Cc1cccc(Cl)c1. The Labute approximate surface area is 193 Å². The lowest BCUT2D eigenvalue weighted by atomic mass is 10.1. The quantitative estimate of drug-likeness (QED) is 0.440. The van der Waals surface area contributed by atoms with Crippen molar-refractivity contribution < 1.29 is 9.59 Å². The van der Waals surface area contributed by atoms with E-state index in [0.29, 0.717) is 28.0 Å². The second-order valence-electron chi connectivity index (χ2n) is 7.15. The Morgan fingerprint density at radius 1 is 1.00 bits per heavy atom. The predicted octanol–water partition coefficient (Wildman–Crippen LogP) is 5.91. The third-order valence-electron chi connectivity index (χ3n) is 4.80. The molecule has 0 aliphatic carbocycles. The first-order valence-corrected chi connectivity index (χ1v) is 11.2. The van der Waals surface area contributed by atoms with Crippen LogP contribution in [0.5, 0.6) is 0 Å². The molecule has 30 heavy (non-hydrogen) atoms. The fraction of sp³-hybridized carbons (Fsp3) is 0.391. The molecule has 1 N–H and O–H groups in total. The molecule has 0 spiro atoms. The molecule has 0 unspecified atom stereocenters. The molecule has 2 rings (SSSR count). The maximum atomic E-state index is 13.3. The van der Waals surface area contributed by atoms with Crippen molar-refractivity contribution in [2.75, 3.05) is 6.54 Å². The summed E-state index contributed by atoms with van der Waals surface area (Å²) >= 11 is 18.2. The van der Waals surface area contributed by atoms with Crippen LogP contribution < -0.4 is 5.32 Å². The van der Waals surface area contributed by atoms with E-state index in [1.54, 1.807) is 29.2 Å². The third-order valence-corrected chi connectivity index (χ3v) is 5.77. The van der Waals surface area contributed by atoms with Gasteiger partial charge in [-0.3, -0.25) is 9.59 Å². The van der Waals surface area contributed by atoms with Gasteiger partial charge in [-0.25, -0.2) is 0 Å². The molecular weight excluding hydrogens is 443 g/mol. The van der Waals surface area contributed by atoms with Crippen LogP contribution in [0.1, 0.15) is 44.2 Å². The first-order chi connectivity index (χ1) is 14.3. The highest BCUT2D eigenvalue weighted by molar-refractivity contribution is 6.42. The van der Waals surface area contributed by atoms with E-state index in [-0.39, 0.29) is 24.8 Å². The van der Waals surface area contributed by atoms with Crippen molar-refractivity contribution >= 4 is 46.6 Å². The van der Waals surface area contributed by atoms with E-state index in [4.69, 9.17) is 34.8 Å². The van der Waals surface area contributed by atoms with Crippen LogP contribution in [-0.4, -0.2) is 29.3 Å². The number of nitrogens with one attached hydrogen (secondary N) is 1. The lowest BCUT2D eigenvalue weighted by Crippen LogP contribution is -2.49. The minimum absolute atomic E-state index is 0.148. The molecule has 7 heteroatoms. The number of amides is 2. The van der Waals surface area contributed by atoms with E-state index in [2.05, 4.69) is 12.2 Å². The molecular formula is C23H27Cl3N2O2. The van der Waals surface area contributed by atoms with Crippen molar-refractivity contribution in [2.24, 2.45) is 0 Å². The smallest absolute Gasteiger partial charge is 0.242 e. The first-order valence-electron chi connectivity index (χ1n) is 10.1. The van der Waals surface area contributed by atoms with Crippen LogP contribution in [0.15, 0.2) is 42.5 Å². The van der Waals surface area contributed by atoms with Gasteiger partial charge in [0.25, 0.3) is 0 Å². The van der Waals surface area contributed by atoms with Crippen LogP contribution in [0, 0.1) is 0 Å². The Kier molecular flexibility index (Phi) is 9.96. The topological polar surface area (TPSA) is 49.4 Å². The van der Waals surface area contributed by atoms with E-state index in [1.807, 2.05) is 25.1 Å². The highest BCUT2D eigenvalue weighted by Crippen LogP contribution is 2.24. The molecule has 0 heterocycles. The normalized spacial score (nSPS) is 11.8. The van der Waals surface area contributed by atoms with Gasteiger partial charge in [-0.1, -0.05) is 73.3 Å². The molecule has 0 radical (unpaired) electrons. The van der Waals surface area contributed by atoms with Crippen molar-refractivity contribution in [3.05, 3.63) is 68.7 Å². The van der Waals surface area contributed by atoms with Crippen LogP contribution in [0.25, 0.3) is 0 Å². The number of rotatable bonds is 10. The maximum Gasteiger partial charge on any atom is 0.242 e. The zero-order chi connectivity index (χ0) is 22.1. The fourth-order valence-corrected chi connectivity index (χ4v) is 3.72. The zero-order valence-corrected chi connectivity index (χ0v) is 19.5. The van der Waals surface area contributed by atoms with Crippen molar-refractivity contribution in [1.82, 2.24) is 10.2 Å². The number of carbonyl (C=O) groups excluding carboxylic acids is 2. The molecule has 0 saturated heterocycles. The molecule has 4 nitrogen and oxygen atoms in total. The highest BCUT2D eigenvalue weighted by Gasteiger charge is 2.28. The van der Waals surface area contributed by atoms with Gasteiger partial charge in [0, 0.05) is 18.1 Å². The largest absolute Gasteiger partial charge is 0.354 e. The second kappa shape index (κ2) is 12.2. The summed E-state index contributed by atoms with van der Waals surface area (Å²) in [5.41, 5.74) is 1.61. The van der Waals surface area contributed by atoms with Gasteiger partial charge in [0.15, 0.2) is 0 Å². The number of benzene rings is 2. The van der Waals surface area contributed by atoms with Crippen molar-refractivity contribution in [2.45, 2.75) is 52.1 Å². The van der Waals surface area contributed by atoms with Crippen LogP contribution in [0.2, 0.25) is 15.1 Å². The van der Waals surface area contributed by atoms with Crippen LogP contribution in [0.3, 0.4) is 0 Å². The predicted molar refractivity (Wildman–Crippen MR) is 124 cm³/mol. The Morgan fingerprint density at radius 2 is 1.77 bits per heavy atom. The average molecular weight is 470 g/mol. The van der Waals surface area contributed by atoms with E-state index in [1.165, 1.54) is 0 Å². The molecule has 1 atom stereocenters. The zero-order valence-electron chi connectivity index (χ0n) is 17.3. The number of unbranched alkanes of at least 4 members (excludes halogenated alkanes) is 1. The van der Waals surface area contributed by atoms with Gasteiger partial charge in [-0.15, -0.1) is 0 Å². The van der Waals surface area contributed by atoms with E-state index >= 15 is 0 Å². The summed E-state index contributed by atoms with van der Waals surface area (Å²) in [5.74, 6) is -0.300. The van der Waals surface area contributed by atoms with Gasteiger partial charge in [-0.05, 0) is 48.2 Å². The van der Waals surface area contributed by atoms with E-state index in [0.717, 1.165) is 24.0 Å². The Bertz CT molecular complexity index is 873. The van der Waals surface area contributed by atoms with Crippen LogP contribution in [0.4, 0.5) is 0 Å². The second-order valence-corrected chi connectivity index (χ2v) is 8.40. The van der Waals surface area contributed by atoms with Gasteiger partial charge in [-0.2, -0.15) is 0 Å². The summed E-state index contributed by atoms with van der Waals surface area (Å²) in [4.78, 5) is 27.7. The van der Waals surface area contributed by atoms with Crippen molar-refractivity contribution in [1.29, 1.82) is 0 Å². The number of carbonyl (C=O) groups is 2. The summed E-state index contributed by atoms with van der Waals surface area (Å²) in [6, 6.07) is 11.8. The van der Waals surface area contributed by atoms with Gasteiger partial charge >= 0.3 is 0 Å². The molecule has 0 aliphatic heterocycles. The monoisotopic (exact) mass is 468 g/mol. The first kappa shape index (κ1) is 24.5. The van der Waals surface area contributed by atoms with E-state index in [9.17, 15) is 9.59 Å². The summed E-state index contributed by atoms with van der Waals surface area (Å²) in [6.45, 7) is 4.82. The number of nitrogens with zero attached hydrogens (tertiary/aromatic N) is 1. The molecule has 0 aromatic heterocycles. The highest BCUT2D eigenvalue weighted by atomic mass is 35.5.